The Morgan fingerprint density at radius 2 is 1.91 bits per heavy atom. The smallest absolute Gasteiger partial charge is 0.254 e. The van der Waals surface area contributed by atoms with E-state index in [2.05, 4.69) is 48.9 Å². The van der Waals surface area contributed by atoms with Gasteiger partial charge in [0.15, 0.2) is 0 Å². The van der Waals surface area contributed by atoms with Gasteiger partial charge >= 0.3 is 0 Å². The van der Waals surface area contributed by atoms with Crippen LogP contribution in [0.4, 0.5) is 0 Å². The number of ether oxygens (including phenoxy) is 2. The highest BCUT2D eigenvalue weighted by atomic mass is 16.5. The second-order valence-corrected chi connectivity index (χ2v) is 10.6. The third-order valence-electron chi connectivity index (χ3n) is 7.94. The number of hydrogen-bond donors (Lipinski definition) is 0. The van der Waals surface area contributed by atoms with Gasteiger partial charge in [0.25, 0.3) is 5.91 Å². The second-order valence-electron chi connectivity index (χ2n) is 10.6. The van der Waals surface area contributed by atoms with Crippen molar-refractivity contribution in [1.82, 2.24) is 9.80 Å². The fraction of sp³-hybridized carbons (Fsp3) is 0.552. The molecule has 0 N–H and O–H groups in total. The van der Waals surface area contributed by atoms with Crippen molar-refractivity contribution in [2.75, 3.05) is 40.9 Å². The zero-order valence-electron chi connectivity index (χ0n) is 21.4. The number of methoxy groups -OCH3 is 2. The van der Waals surface area contributed by atoms with Crippen LogP contribution in [0, 0.1) is 11.8 Å². The number of carbonyl (C=O) groups excluding carboxylic acids is 1. The number of likely N-dealkylation sites (tertiary alicyclic amines) is 1. The van der Waals surface area contributed by atoms with Crippen LogP contribution in [-0.2, 0) is 10.2 Å². The van der Waals surface area contributed by atoms with Crippen molar-refractivity contribution in [3.63, 3.8) is 0 Å². The van der Waals surface area contributed by atoms with Gasteiger partial charge in [-0.3, -0.25) is 4.79 Å². The number of nitrogens with zero attached hydrogens (tertiary/aromatic N) is 2. The second kappa shape index (κ2) is 10.5. The van der Waals surface area contributed by atoms with E-state index in [-0.39, 0.29) is 23.5 Å². The van der Waals surface area contributed by atoms with Gasteiger partial charge in [-0.25, -0.2) is 0 Å². The van der Waals surface area contributed by atoms with E-state index >= 15 is 0 Å². The maximum atomic E-state index is 13.8. The van der Waals surface area contributed by atoms with Gasteiger partial charge < -0.3 is 19.3 Å². The average Bonchev–Trinajstić information content (AvgIpc) is 2.86. The SMILES string of the molecule is COc1cccc(C23CCN(C)CC2C(OC)C[C@H](N(CC(C)C)C(=O)c2ccccc2)C3)c1. The minimum atomic E-state index is -0.0587. The molecule has 184 valence electrons. The van der Waals surface area contributed by atoms with Crippen LogP contribution in [0.1, 0.15) is 49.0 Å². The molecule has 4 atom stereocenters. The van der Waals surface area contributed by atoms with E-state index in [1.807, 2.05) is 43.5 Å². The van der Waals surface area contributed by atoms with E-state index in [0.29, 0.717) is 11.8 Å². The molecule has 1 heterocycles. The summed E-state index contributed by atoms with van der Waals surface area (Å²) in [6.45, 7) is 7.16. The Hall–Kier alpha value is -2.37. The van der Waals surface area contributed by atoms with Crippen LogP contribution in [0.5, 0.6) is 5.75 Å². The molecule has 2 fully saturated rings. The van der Waals surface area contributed by atoms with Crippen LogP contribution in [-0.4, -0.2) is 68.8 Å². The molecule has 3 unspecified atom stereocenters. The first-order valence-electron chi connectivity index (χ1n) is 12.6. The Bertz CT molecular complexity index is 963. The molecule has 34 heavy (non-hydrogen) atoms. The maximum Gasteiger partial charge on any atom is 0.254 e. The highest BCUT2D eigenvalue weighted by Crippen LogP contribution is 2.51. The van der Waals surface area contributed by atoms with Crippen molar-refractivity contribution in [1.29, 1.82) is 0 Å². The molecule has 1 aliphatic carbocycles. The van der Waals surface area contributed by atoms with Crippen LogP contribution in [0.3, 0.4) is 0 Å². The number of piperidine rings is 1. The molecular formula is C29H40N2O3. The van der Waals surface area contributed by atoms with E-state index in [1.165, 1.54) is 5.56 Å². The maximum absolute atomic E-state index is 13.8. The zero-order valence-corrected chi connectivity index (χ0v) is 21.4. The number of hydrogen-bond acceptors (Lipinski definition) is 4. The van der Waals surface area contributed by atoms with Crippen molar-refractivity contribution < 1.29 is 14.3 Å². The molecule has 4 rings (SSSR count). The molecule has 2 aliphatic rings. The summed E-state index contributed by atoms with van der Waals surface area (Å²) in [5.74, 6) is 1.77. The molecule has 0 aromatic heterocycles. The predicted molar refractivity (Wildman–Crippen MR) is 136 cm³/mol. The lowest BCUT2D eigenvalue weighted by Gasteiger charge is -2.56. The molecule has 0 bridgehead atoms. The lowest BCUT2D eigenvalue weighted by atomic mass is 9.56. The molecule has 1 saturated carbocycles. The van der Waals surface area contributed by atoms with Crippen LogP contribution in [0.15, 0.2) is 54.6 Å². The zero-order chi connectivity index (χ0) is 24.3. The quantitative estimate of drug-likeness (QED) is 0.587. The first-order valence-corrected chi connectivity index (χ1v) is 12.6. The van der Waals surface area contributed by atoms with Crippen LogP contribution in [0.25, 0.3) is 0 Å². The van der Waals surface area contributed by atoms with Crippen molar-refractivity contribution in [2.24, 2.45) is 11.8 Å². The summed E-state index contributed by atoms with van der Waals surface area (Å²) >= 11 is 0. The molecule has 1 saturated heterocycles. The number of benzene rings is 2. The Balaban J connectivity index is 1.77. The molecular weight excluding hydrogens is 424 g/mol. The standard InChI is InChI=1S/C29H40N2O3/c1-21(2)19-31(28(32)22-10-7-6-8-11-22)24-17-27(34-5)26-20-30(3)15-14-29(26,18-24)23-12-9-13-25(16-23)33-4/h6-13,16,21,24,26-27H,14-15,17-20H2,1-5H3/t24-,26?,27?,29?/m0/s1. The molecule has 5 heteroatoms. The van der Waals surface area contributed by atoms with Crippen molar-refractivity contribution >= 4 is 5.91 Å². The van der Waals surface area contributed by atoms with E-state index in [0.717, 1.165) is 50.2 Å². The van der Waals surface area contributed by atoms with Gasteiger partial charge in [-0.15, -0.1) is 0 Å². The molecule has 2 aromatic rings. The largest absolute Gasteiger partial charge is 0.497 e. The van der Waals surface area contributed by atoms with Crippen LogP contribution >= 0.6 is 0 Å². The van der Waals surface area contributed by atoms with Gasteiger partial charge in [0, 0.05) is 43.1 Å². The van der Waals surface area contributed by atoms with E-state index in [9.17, 15) is 4.79 Å². The Morgan fingerprint density at radius 1 is 1.15 bits per heavy atom. The van der Waals surface area contributed by atoms with Gasteiger partial charge in [-0.2, -0.15) is 0 Å². The molecule has 1 amide bonds. The fourth-order valence-corrected chi connectivity index (χ4v) is 6.29. The normalized spacial score (nSPS) is 27.3. The number of amides is 1. The number of fused-ring (bicyclic) bond motifs is 1. The summed E-state index contributed by atoms with van der Waals surface area (Å²) in [5.41, 5.74) is 2.02. The van der Waals surface area contributed by atoms with E-state index in [4.69, 9.17) is 9.47 Å². The minimum absolute atomic E-state index is 0.0587. The highest BCUT2D eigenvalue weighted by Gasteiger charge is 2.53. The molecule has 1 aliphatic heterocycles. The third kappa shape index (κ3) is 4.87. The molecule has 0 spiro atoms. The average molecular weight is 465 g/mol. The monoisotopic (exact) mass is 464 g/mol. The fourth-order valence-electron chi connectivity index (χ4n) is 6.29. The predicted octanol–water partition coefficient (Wildman–Crippen LogP) is 4.86. The minimum Gasteiger partial charge on any atom is -0.497 e. The van der Waals surface area contributed by atoms with E-state index < -0.39 is 0 Å². The number of rotatable bonds is 7. The van der Waals surface area contributed by atoms with Gasteiger partial charge in [0.1, 0.15) is 5.75 Å². The van der Waals surface area contributed by atoms with Gasteiger partial charge in [0.2, 0.25) is 0 Å². The van der Waals surface area contributed by atoms with Crippen molar-refractivity contribution in [3.05, 3.63) is 65.7 Å². The Labute approximate surface area is 205 Å². The molecule has 5 nitrogen and oxygen atoms in total. The van der Waals surface area contributed by atoms with E-state index in [1.54, 1.807) is 7.11 Å². The summed E-state index contributed by atoms with van der Waals surface area (Å²) in [6, 6.07) is 18.4. The molecule has 2 aromatic carbocycles. The van der Waals surface area contributed by atoms with Gasteiger partial charge in [0.05, 0.1) is 13.2 Å². The first kappa shape index (κ1) is 24.7. The van der Waals surface area contributed by atoms with Crippen molar-refractivity contribution in [2.45, 2.75) is 50.7 Å². The summed E-state index contributed by atoms with van der Waals surface area (Å²) in [5, 5.41) is 0. The van der Waals surface area contributed by atoms with Crippen LogP contribution in [0.2, 0.25) is 0 Å². The summed E-state index contributed by atoms with van der Waals surface area (Å²) in [6.07, 6.45) is 2.95. The van der Waals surface area contributed by atoms with Gasteiger partial charge in [-0.05, 0) is 68.6 Å². The summed E-state index contributed by atoms with van der Waals surface area (Å²) in [4.78, 5) is 18.4. The van der Waals surface area contributed by atoms with Crippen LogP contribution < -0.4 is 4.74 Å². The summed E-state index contributed by atoms with van der Waals surface area (Å²) < 4.78 is 11.8. The van der Waals surface area contributed by atoms with Crippen molar-refractivity contribution in [3.8, 4) is 5.75 Å². The topological polar surface area (TPSA) is 42.0 Å². The molecule has 0 radical (unpaired) electrons. The Kier molecular flexibility index (Phi) is 7.63. The lowest BCUT2D eigenvalue weighted by Crippen LogP contribution is -2.61. The number of carbonyl (C=O) groups is 1. The lowest BCUT2D eigenvalue weighted by molar-refractivity contribution is -0.0783. The van der Waals surface area contributed by atoms with Gasteiger partial charge in [-0.1, -0.05) is 44.2 Å². The highest BCUT2D eigenvalue weighted by molar-refractivity contribution is 5.94. The summed E-state index contributed by atoms with van der Waals surface area (Å²) in [7, 11) is 5.77. The Morgan fingerprint density at radius 3 is 2.59 bits per heavy atom. The third-order valence-corrected chi connectivity index (χ3v) is 7.94. The first-order chi connectivity index (χ1) is 16.4.